The quantitative estimate of drug-likeness (QED) is 0.411. The van der Waals surface area contributed by atoms with Crippen LogP contribution < -0.4 is 0 Å². The molecule has 0 amide bonds. The molecule has 0 saturated carbocycles. The van der Waals surface area contributed by atoms with Crippen LogP contribution in [0.5, 0.6) is 0 Å². The summed E-state index contributed by atoms with van der Waals surface area (Å²) in [5, 5.41) is 0. The summed E-state index contributed by atoms with van der Waals surface area (Å²) in [6.45, 7) is 7.95. The van der Waals surface area contributed by atoms with Gasteiger partial charge in [-0.3, -0.25) is 0 Å². The molecule has 0 heterocycles. The third kappa shape index (κ3) is 7.22. The summed E-state index contributed by atoms with van der Waals surface area (Å²) >= 11 is 0. The molecule has 0 aromatic heterocycles. The number of hydrogen-bond acceptors (Lipinski definition) is 0. The van der Waals surface area contributed by atoms with Gasteiger partial charge in [0.25, 0.3) is 0 Å². The standard InChI is InChI=1S/C10H16/c1-4-5-6-7-8-9-10(2)3/h4,6-10H,1,5H2,2-3H3/b7-6?,9-8-. The van der Waals surface area contributed by atoms with E-state index in [1.165, 1.54) is 0 Å². The summed E-state index contributed by atoms with van der Waals surface area (Å²) < 4.78 is 0. The Bertz CT molecular complexity index is 127. The van der Waals surface area contributed by atoms with Crippen LogP contribution in [0.25, 0.3) is 0 Å². The zero-order chi connectivity index (χ0) is 7.82. The van der Waals surface area contributed by atoms with Crippen molar-refractivity contribution < 1.29 is 0 Å². The Hall–Kier alpha value is -0.780. The summed E-state index contributed by atoms with van der Waals surface area (Å²) in [6.07, 6.45) is 11.2. The normalized spacial score (nSPS) is 11.9. The van der Waals surface area contributed by atoms with Crippen LogP contribution in [0.2, 0.25) is 0 Å². The van der Waals surface area contributed by atoms with Crippen molar-refractivity contribution in [2.75, 3.05) is 0 Å². The smallest absolute Gasteiger partial charge is 0.0169 e. The molecule has 0 spiro atoms. The molecule has 0 rings (SSSR count). The SMILES string of the molecule is C=CCC=C/C=C\C(C)C. The molecule has 0 aliphatic carbocycles. The Kier molecular flexibility index (Phi) is 5.85. The minimum absolute atomic E-state index is 0.647. The molecule has 0 aromatic carbocycles. The molecule has 0 fully saturated rings. The van der Waals surface area contributed by atoms with E-state index in [0.717, 1.165) is 6.42 Å². The second-order valence-electron chi connectivity index (χ2n) is 2.58. The van der Waals surface area contributed by atoms with Crippen molar-refractivity contribution in [2.45, 2.75) is 20.3 Å². The lowest BCUT2D eigenvalue weighted by Crippen LogP contribution is -1.74. The van der Waals surface area contributed by atoms with Crippen molar-refractivity contribution in [3.05, 3.63) is 37.0 Å². The lowest BCUT2D eigenvalue weighted by Gasteiger charge is -1.88. The van der Waals surface area contributed by atoms with Crippen LogP contribution in [0.15, 0.2) is 37.0 Å². The monoisotopic (exact) mass is 136 g/mol. The van der Waals surface area contributed by atoms with Crippen LogP contribution in [-0.4, -0.2) is 0 Å². The second kappa shape index (κ2) is 6.34. The molecule has 0 nitrogen and oxygen atoms in total. The van der Waals surface area contributed by atoms with Gasteiger partial charge in [-0.1, -0.05) is 44.2 Å². The van der Waals surface area contributed by atoms with Crippen LogP contribution in [0.4, 0.5) is 0 Å². The zero-order valence-electron chi connectivity index (χ0n) is 6.88. The first-order chi connectivity index (χ1) is 4.77. The Morgan fingerprint density at radius 2 is 2.00 bits per heavy atom. The summed E-state index contributed by atoms with van der Waals surface area (Å²) in [5.74, 6) is 0.647. The van der Waals surface area contributed by atoms with E-state index >= 15 is 0 Å². The number of allylic oxidation sites excluding steroid dienone is 5. The first-order valence-corrected chi connectivity index (χ1v) is 3.71. The van der Waals surface area contributed by atoms with Crippen LogP contribution in [-0.2, 0) is 0 Å². The average Bonchev–Trinajstić information content (AvgIpc) is 1.87. The molecule has 0 bridgehead atoms. The van der Waals surface area contributed by atoms with Crippen LogP contribution in [0, 0.1) is 5.92 Å². The second-order valence-corrected chi connectivity index (χ2v) is 2.58. The summed E-state index contributed by atoms with van der Waals surface area (Å²) in [5.41, 5.74) is 0. The van der Waals surface area contributed by atoms with Gasteiger partial charge in [0, 0.05) is 0 Å². The van der Waals surface area contributed by atoms with Gasteiger partial charge >= 0.3 is 0 Å². The van der Waals surface area contributed by atoms with E-state index < -0.39 is 0 Å². The Labute approximate surface area is 64.0 Å². The van der Waals surface area contributed by atoms with E-state index in [1.807, 2.05) is 6.08 Å². The fourth-order valence-corrected chi connectivity index (χ4v) is 0.540. The fraction of sp³-hybridized carbons (Fsp3) is 0.400. The molecule has 0 aromatic rings. The van der Waals surface area contributed by atoms with E-state index in [9.17, 15) is 0 Å². The maximum absolute atomic E-state index is 3.62. The Morgan fingerprint density at radius 1 is 1.30 bits per heavy atom. The maximum Gasteiger partial charge on any atom is -0.0169 e. The third-order valence-electron chi connectivity index (χ3n) is 1.05. The van der Waals surface area contributed by atoms with Gasteiger partial charge in [-0.25, -0.2) is 0 Å². The van der Waals surface area contributed by atoms with Crippen molar-refractivity contribution in [1.29, 1.82) is 0 Å². The minimum atomic E-state index is 0.647. The number of rotatable bonds is 4. The summed E-state index contributed by atoms with van der Waals surface area (Å²) in [6, 6.07) is 0. The minimum Gasteiger partial charge on any atom is -0.103 e. The molecule has 0 saturated heterocycles. The first-order valence-electron chi connectivity index (χ1n) is 3.71. The topological polar surface area (TPSA) is 0 Å². The molecule has 0 atom stereocenters. The molecule has 10 heavy (non-hydrogen) atoms. The van der Waals surface area contributed by atoms with Gasteiger partial charge < -0.3 is 0 Å². The predicted octanol–water partition coefficient (Wildman–Crippen LogP) is 3.33. The van der Waals surface area contributed by atoms with Gasteiger partial charge in [-0.05, 0) is 12.3 Å². The van der Waals surface area contributed by atoms with Crippen molar-refractivity contribution in [3.63, 3.8) is 0 Å². The van der Waals surface area contributed by atoms with E-state index in [-0.39, 0.29) is 0 Å². The van der Waals surface area contributed by atoms with Crippen LogP contribution in [0.3, 0.4) is 0 Å². The van der Waals surface area contributed by atoms with Crippen molar-refractivity contribution in [2.24, 2.45) is 5.92 Å². The Balaban J connectivity index is 3.41. The van der Waals surface area contributed by atoms with Gasteiger partial charge in [0.1, 0.15) is 0 Å². The van der Waals surface area contributed by atoms with Gasteiger partial charge in [-0.2, -0.15) is 0 Å². The van der Waals surface area contributed by atoms with Crippen LogP contribution >= 0.6 is 0 Å². The summed E-state index contributed by atoms with van der Waals surface area (Å²) in [7, 11) is 0. The van der Waals surface area contributed by atoms with E-state index in [2.05, 4.69) is 44.7 Å². The lowest BCUT2D eigenvalue weighted by molar-refractivity contribution is 0.832. The molecule has 0 heteroatoms. The molecule has 0 unspecified atom stereocenters. The van der Waals surface area contributed by atoms with Crippen molar-refractivity contribution in [3.8, 4) is 0 Å². The molecular weight excluding hydrogens is 120 g/mol. The molecule has 0 aliphatic rings. The third-order valence-corrected chi connectivity index (χ3v) is 1.05. The van der Waals surface area contributed by atoms with E-state index in [4.69, 9.17) is 0 Å². The fourth-order valence-electron chi connectivity index (χ4n) is 0.540. The highest BCUT2D eigenvalue weighted by molar-refractivity contribution is 5.04. The van der Waals surface area contributed by atoms with Gasteiger partial charge in [0.2, 0.25) is 0 Å². The average molecular weight is 136 g/mol. The highest BCUT2D eigenvalue weighted by Crippen LogP contribution is 1.93. The molecular formula is C10H16. The highest BCUT2D eigenvalue weighted by atomic mass is 13.8. The molecule has 0 radical (unpaired) electrons. The lowest BCUT2D eigenvalue weighted by atomic mass is 10.2. The molecule has 0 aliphatic heterocycles. The van der Waals surface area contributed by atoms with Gasteiger partial charge in [-0.15, -0.1) is 6.58 Å². The van der Waals surface area contributed by atoms with E-state index in [0.29, 0.717) is 5.92 Å². The van der Waals surface area contributed by atoms with Gasteiger partial charge in [0.15, 0.2) is 0 Å². The van der Waals surface area contributed by atoms with Crippen LogP contribution in [0.1, 0.15) is 20.3 Å². The van der Waals surface area contributed by atoms with Crippen molar-refractivity contribution in [1.82, 2.24) is 0 Å². The predicted molar refractivity (Wildman–Crippen MR) is 47.9 cm³/mol. The highest BCUT2D eigenvalue weighted by Gasteiger charge is 1.78. The Morgan fingerprint density at radius 3 is 2.50 bits per heavy atom. The molecule has 56 valence electrons. The maximum atomic E-state index is 3.62. The number of hydrogen-bond donors (Lipinski definition) is 0. The zero-order valence-corrected chi connectivity index (χ0v) is 6.88. The summed E-state index contributed by atoms with van der Waals surface area (Å²) in [4.78, 5) is 0. The largest absolute Gasteiger partial charge is 0.103 e. The van der Waals surface area contributed by atoms with E-state index in [1.54, 1.807) is 0 Å². The van der Waals surface area contributed by atoms with Crippen molar-refractivity contribution >= 4 is 0 Å². The van der Waals surface area contributed by atoms with Gasteiger partial charge in [0.05, 0.1) is 0 Å². The molecule has 0 N–H and O–H groups in total. The first kappa shape index (κ1) is 9.22.